The van der Waals surface area contributed by atoms with Gasteiger partial charge in [0.2, 0.25) is 0 Å². The molecule has 2 N–H and O–H groups in total. The predicted octanol–water partition coefficient (Wildman–Crippen LogP) is 1.46. The lowest BCUT2D eigenvalue weighted by atomic mass is 10.3. The first-order valence-electron chi connectivity index (χ1n) is 3.42. The van der Waals surface area contributed by atoms with Gasteiger partial charge in [0.25, 0.3) is 0 Å². The van der Waals surface area contributed by atoms with E-state index in [-0.39, 0.29) is 12.4 Å². The average molecular weight is 294 g/mol. The molecule has 1 aromatic carbocycles. The van der Waals surface area contributed by atoms with Gasteiger partial charge < -0.3 is 14.9 Å². The van der Waals surface area contributed by atoms with Crippen LogP contribution in [0.1, 0.15) is 0 Å². The van der Waals surface area contributed by atoms with E-state index in [4.69, 9.17) is 14.9 Å². The van der Waals surface area contributed by atoms with Crippen LogP contribution < -0.4 is 4.74 Å². The van der Waals surface area contributed by atoms with E-state index in [1.807, 2.05) is 22.6 Å². The number of rotatable bonds is 3. The zero-order valence-corrected chi connectivity index (χ0v) is 8.69. The molecule has 0 unspecified atom stereocenters. The maximum absolute atomic E-state index is 10.1. The molecule has 0 spiro atoms. The van der Waals surface area contributed by atoms with Crippen molar-refractivity contribution >= 4 is 28.6 Å². The second-order valence-corrected chi connectivity index (χ2v) is 3.46. The Morgan fingerprint density at radius 1 is 1.54 bits per heavy atom. The monoisotopic (exact) mass is 294 g/mol. The van der Waals surface area contributed by atoms with Crippen LogP contribution in [-0.2, 0) is 4.79 Å². The molecule has 5 heteroatoms. The Hall–Kier alpha value is -0.980. The summed E-state index contributed by atoms with van der Waals surface area (Å²) in [5.74, 6) is -0.434. The number of benzene rings is 1. The van der Waals surface area contributed by atoms with Gasteiger partial charge in [-0.1, -0.05) is 0 Å². The molecule has 0 saturated heterocycles. The van der Waals surface area contributed by atoms with Crippen LogP contribution in [0.2, 0.25) is 0 Å². The van der Waals surface area contributed by atoms with Crippen LogP contribution in [-0.4, -0.2) is 22.8 Å². The summed E-state index contributed by atoms with van der Waals surface area (Å²) in [6, 6.07) is 4.54. The first kappa shape index (κ1) is 10.1. The highest BCUT2D eigenvalue weighted by molar-refractivity contribution is 14.1. The van der Waals surface area contributed by atoms with Crippen molar-refractivity contribution < 1.29 is 19.7 Å². The number of ether oxygens (including phenoxy) is 1. The predicted molar refractivity (Wildman–Crippen MR) is 54.0 cm³/mol. The maximum atomic E-state index is 10.1. The quantitative estimate of drug-likeness (QED) is 0.828. The molecular formula is C8H7IO4. The highest BCUT2D eigenvalue weighted by Gasteiger charge is 2.02. The number of aromatic hydroxyl groups is 1. The third kappa shape index (κ3) is 3.10. The van der Waals surface area contributed by atoms with E-state index in [1.165, 1.54) is 12.1 Å². The topological polar surface area (TPSA) is 66.8 Å². The SMILES string of the molecule is O=C(O)COc1ccc(O)c(I)c1. The van der Waals surface area contributed by atoms with Gasteiger partial charge >= 0.3 is 5.97 Å². The summed E-state index contributed by atoms with van der Waals surface area (Å²) in [6.07, 6.45) is 0. The van der Waals surface area contributed by atoms with Crippen molar-refractivity contribution in [3.8, 4) is 11.5 Å². The molecule has 70 valence electrons. The van der Waals surface area contributed by atoms with Crippen LogP contribution in [0, 0.1) is 3.57 Å². The number of hydrogen-bond acceptors (Lipinski definition) is 3. The fourth-order valence-electron chi connectivity index (χ4n) is 0.722. The summed E-state index contributed by atoms with van der Waals surface area (Å²) >= 11 is 1.93. The standard InChI is InChI=1S/C8H7IO4/c9-6-3-5(1-2-7(6)10)13-4-8(11)12/h1-3,10H,4H2,(H,11,12). The van der Waals surface area contributed by atoms with Gasteiger partial charge in [0.15, 0.2) is 6.61 Å². The Labute approximate surface area is 88.3 Å². The summed E-state index contributed by atoms with van der Waals surface area (Å²) in [6.45, 7) is -0.374. The van der Waals surface area contributed by atoms with Crippen LogP contribution in [0.5, 0.6) is 11.5 Å². The molecule has 0 atom stereocenters. The van der Waals surface area contributed by atoms with Gasteiger partial charge in [-0.15, -0.1) is 0 Å². The zero-order chi connectivity index (χ0) is 9.84. The highest BCUT2D eigenvalue weighted by Crippen LogP contribution is 2.24. The minimum absolute atomic E-state index is 0.156. The molecule has 0 fully saturated rings. The molecular weight excluding hydrogens is 287 g/mol. The number of aliphatic carboxylic acids is 1. The van der Waals surface area contributed by atoms with Crippen LogP contribution in [0.4, 0.5) is 0 Å². The molecule has 0 aliphatic rings. The van der Waals surface area contributed by atoms with Crippen molar-refractivity contribution in [2.24, 2.45) is 0 Å². The molecule has 0 amide bonds. The molecule has 4 nitrogen and oxygen atoms in total. The third-order valence-corrected chi connectivity index (χ3v) is 2.15. The van der Waals surface area contributed by atoms with E-state index < -0.39 is 5.97 Å². The lowest BCUT2D eigenvalue weighted by Gasteiger charge is -2.03. The molecule has 1 rings (SSSR count). The van der Waals surface area contributed by atoms with E-state index in [0.717, 1.165) is 0 Å². The summed E-state index contributed by atoms with van der Waals surface area (Å²) in [7, 11) is 0. The summed E-state index contributed by atoms with van der Waals surface area (Å²) < 4.78 is 5.51. The number of phenols is 1. The lowest BCUT2D eigenvalue weighted by Crippen LogP contribution is -2.09. The van der Waals surface area contributed by atoms with Crippen molar-refractivity contribution in [1.29, 1.82) is 0 Å². The van der Waals surface area contributed by atoms with E-state index in [2.05, 4.69) is 0 Å². The van der Waals surface area contributed by atoms with E-state index in [9.17, 15) is 4.79 Å². The van der Waals surface area contributed by atoms with E-state index in [1.54, 1.807) is 6.07 Å². The zero-order valence-electron chi connectivity index (χ0n) is 6.53. The number of carbonyl (C=O) groups is 1. The first-order chi connectivity index (χ1) is 6.09. The molecule has 0 radical (unpaired) electrons. The molecule has 0 saturated carbocycles. The van der Waals surface area contributed by atoms with E-state index in [0.29, 0.717) is 9.32 Å². The number of carboxylic acid groups (broad SMARTS) is 1. The number of phenolic OH excluding ortho intramolecular Hbond substituents is 1. The van der Waals surface area contributed by atoms with Crippen LogP contribution in [0.3, 0.4) is 0 Å². The molecule has 0 aliphatic heterocycles. The van der Waals surface area contributed by atoms with Crippen LogP contribution in [0.25, 0.3) is 0 Å². The molecule has 1 aromatic rings. The first-order valence-corrected chi connectivity index (χ1v) is 4.50. The molecule has 0 bridgehead atoms. The van der Waals surface area contributed by atoms with Gasteiger partial charge in [-0.2, -0.15) is 0 Å². The van der Waals surface area contributed by atoms with Gasteiger partial charge in [-0.25, -0.2) is 4.79 Å². The van der Waals surface area contributed by atoms with Gasteiger partial charge in [-0.3, -0.25) is 0 Å². The fourth-order valence-corrected chi connectivity index (χ4v) is 1.21. The maximum Gasteiger partial charge on any atom is 0.341 e. The van der Waals surface area contributed by atoms with E-state index >= 15 is 0 Å². The number of carboxylic acids is 1. The Morgan fingerprint density at radius 2 is 2.23 bits per heavy atom. The minimum Gasteiger partial charge on any atom is -0.507 e. The fraction of sp³-hybridized carbons (Fsp3) is 0.125. The summed E-state index contributed by atoms with van der Waals surface area (Å²) in [4.78, 5) is 10.1. The third-order valence-electron chi connectivity index (χ3n) is 1.28. The lowest BCUT2D eigenvalue weighted by molar-refractivity contribution is -0.139. The van der Waals surface area contributed by atoms with Gasteiger partial charge in [0, 0.05) is 0 Å². The smallest absolute Gasteiger partial charge is 0.341 e. The Morgan fingerprint density at radius 3 is 2.77 bits per heavy atom. The largest absolute Gasteiger partial charge is 0.507 e. The average Bonchev–Trinajstić information content (AvgIpc) is 2.07. The Kier molecular flexibility index (Phi) is 3.35. The molecule has 0 heterocycles. The number of halogens is 1. The van der Waals surface area contributed by atoms with Crippen molar-refractivity contribution in [2.75, 3.05) is 6.61 Å². The summed E-state index contributed by atoms with van der Waals surface area (Å²) in [5.41, 5.74) is 0. The number of hydrogen-bond donors (Lipinski definition) is 2. The van der Waals surface area contributed by atoms with Crippen molar-refractivity contribution in [1.82, 2.24) is 0 Å². The molecule has 0 aliphatic carbocycles. The van der Waals surface area contributed by atoms with Crippen LogP contribution >= 0.6 is 22.6 Å². The van der Waals surface area contributed by atoms with Gasteiger partial charge in [0.1, 0.15) is 11.5 Å². The Bertz CT molecular complexity index is 324. The minimum atomic E-state index is -1.02. The van der Waals surface area contributed by atoms with Crippen molar-refractivity contribution in [3.63, 3.8) is 0 Å². The summed E-state index contributed by atoms with van der Waals surface area (Å²) in [5, 5.41) is 17.5. The molecule has 0 aromatic heterocycles. The normalized spacial score (nSPS) is 9.62. The molecule has 13 heavy (non-hydrogen) atoms. The second kappa shape index (κ2) is 4.31. The van der Waals surface area contributed by atoms with Crippen molar-refractivity contribution in [2.45, 2.75) is 0 Å². The second-order valence-electron chi connectivity index (χ2n) is 2.30. The van der Waals surface area contributed by atoms with Gasteiger partial charge in [-0.05, 0) is 40.8 Å². The highest BCUT2D eigenvalue weighted by atomic mass is 127. The Balaban J connectivity index is 2.68. The van der Waals surface area contributed by atoms with Crippen LogP contribution in [0.15, 0.2) is 18.2 Å². The van der Waals surface area contributed by atoms with Crippen molar-refractivity contribution in [3.05, 3.63) is 21.8 Å². The van der Waals surface area contributed by atoms with Gasteiger partial charge in [0.05, 0.1) is 3.57 Å².